The topological polar surface area (TPSA) is 87.5 Å². The number of rotatable bonds is 5. The normalized spacial score (nSPS) is 24.1. The van der Waals surface area contributed by atoms with E-state index in [9.17, 15) is 9.59 Å². The summed E-state index contributed by atoms with van der Waals surface area (Å²) in [4.78, 5) is 28.2. The molecule has 3 heterocycles. The van der Waals surface area contributed by atoms with Crippen LogP contribution in [0.3, 0.4) is 0 Å². The van der Waals surface area contributed by atoms with Crippen LogP contribution < -0.4 is 10.6 Å². The highest BCUT2D eigenvalue weighted by Crippen LogP contribution is 2.38. The SMILES string of the molecule is Cc1noc(C)c1CNC(=O)[C@@]12CCCCN1C[C@@H](NC(=O)c1ccccc1)C2. The maximum absolute atomic E-state index is 13.3. The third-order valence-corrected chi connectivity index (χ3v) is 6.30. The molecule has 2 aliphatic heterocycles. The molecule has 2 atom stereocenters. The molecule has 0 spiro atoms. The third-order valence-electron chi connectivity index (χ3n) is 6.30. The second-order valence-corrected chi connectivity index (χ2v) is 8.16. The molecule has 0 aliphatic carbocycles. The minimum atomic E-state index is -0.550. The van der Waals surface area contributed by atoms with Gasteiger partial charge in [-0.05, 0) is 58.2 Å². The molecule has 4 rings (SSSR count). The molecule has 29 heavy (non-hydrogen) atoms. The minimum absolute atomic E-state index is 0.0358. The van der Waals surface area contributed by atoms with Crippen molar-refractivity contribution in [3.8, 4) is 0 Å². The van der Waals surface area contributed by atoms with E-state index < -0.39 is 5.54 Å². The van der Waals surface area contributed by atoms with Crippen molar-refractivity contribution in [2.45, 2.75) is 57.7 Å². The van der Waals surface area contributed by atoms with Crippen LogP contribution in [-0.2, 0) is 11.3 Å². The molecule has 7 nitrogen and oxygen atoms in total. The molecule has 1 aromatic heterocycles. The van der Waals surface area contributed by atoms with E-state index >= 15 is 0 Å². The van der Waals surface area contributed by atoms with Crippen molar-refractivity contribution in [3.63, 3.8) is 0 Å². The number of aryl methyl sites for hydroxylation is 2. The lowest BCUT2D eigenvalue weighted by molar-refractivity contribution is -0.134. The molecule has 2 amide bonds. The predicted octanol–water partition coefficient (Wildman–Crippen LogP) is 2.33. The molecule has 0 bridgehead atoms. The van der Waals surface area contributed by atoms with Crippen LogP contribution in [0, 0.1) is 13.8 Å². The number of benzene rings is 1. The first-order valence-corrected chi connectivity index (χ1v) is 10.3. The van der Waals surface area contributed by atoms with E-state index in [-0.39, 0.29) is 17.9 Å². The summed E-state index contributed by atoms with van der Waals surface area (Å²) in [6.07, 6.45) is 3.56. The standard InChI is InChI=1S/C22H28N4O3/c1-15-19(16(2)29-25-15)13-23-21(28)22-10-6-7-11-26(22)14-18(12-22)24-20(27)17-8-4-3-5-9-17/h3-5,8-9,18H,6-7,10-14H2,1-2H3,(H,23,28)(H,24,27)/t18-,22-/m0/s1. The van der Waals surface area contributed by atoms with Gasteiger partial charge >= 0.3 is 0 Å². The van der Waals surface area contributed by atoms with E-state index in [0.717, 1.165) is 42.8 Å². The Bertz CT molecular complexity index is 875. The number of fused-ring (bicyclic) bond motifs is 1. The van der Waals surface area contributed by atoms with Gasteiger partial charge in [-0.2, -0.15) is 0 Å². The summed E-state index contributed by atoms with van der Waals surface area (Å²) in [5.74, 6) is 0.690. The summed E-state index contributed by atoms with van der Waals surface area (Å²) >= 11 is 0. The summed E-state index contributed by atoms with van der Waals surface area (Å²) in [7, 11) is 0. The van der Waals surface area contributed by atoms with Crippen molar-refractivity contribution in [2.75, 3.05) is 13.1 Å². The van der Waals surface area contributed by atoms with E-state index in [1.54, 1.807) is 0 Å². The zero-order valence-electron chi connectivity index (χ0n) is 17.0. The Hall–Kier alpha value is -2.67. The van der Waals surface area contributed by atoms with Crippen LogP contribution in [0.2, 0.25) is 0 Å². The lowest BCUT2D eigenvalue weighted by Gasteiger charge is -2.40. The molecular weight excluding hydrogens is 368 g/mol. The number of hydrogen-bond donors (Lipinski definition) is 2. The maximum atomic E-state index is 13.3. The van der Waals surface area contributed by atoms with Gasteiger partial charge < -0.3 is 15.2 Å². The first kappa shape index (κ1) is 19.6. The van der Waals surface area contributed by atoms with Crippen LogP contribution in [0.5, 0.6) is 0 Å². The largest absolute Gasteiger partial charge is 0.361 e. The van der Waals surface area contributed by atoms with E-state index in [2.05, 4.69) is 20.7 Å². The van der Waals surface area contributed by atoms with E-state index in [1.165, 1.54) is 0 Å². The lowest BCUT2D eigenvalue weighted by atomic mass is 9.84. The quantitative estimate of drug-likeness (QED) is 0.810. The van der Waals surface area contributed by atoms with Gasteiger partial charge in [0.15, 0.2) is 0 Å². The van der Waals surface area contributed by atoms with Gasteiger partial charge in [0.05, 0.1) is 5.69 Å². The number of aromatic nitrogens is 1. The lowest BCUT2D eigenvalue weighted by Crippen LogP contribution is -2.57. The van der Waals surface area contributed by atoms with E-state index in [1.807, 2.05) is 44.2 Å². The Balaban J connectivity index is 1.45. The summed E-state index contributed by atoms with van der Waals surface area (Å²) < 4.78 is 5.20. The molecule has 2 aliphatic rings. The van der Waals surface area contributed by atoms with E-state index in [0.29, 0.717) is 25.1 Å². The molecule has 2 fully saturated rings. The number of piperidine rings is 1. The maximum Gasteiger partial charge on any atom is 0.251 e. The average Bonchev–Trinajstić information content (AvgIpc) is 3.26. The van der Waals surface area contributed by atoms with Gasteiger partial charge in [-0.1, -0.05) is 23.4 Å². The van der Waals surface area contributed by atoms with Crippen LogP contribution in [0.25, 0.3) is 0 Å². The highest BCUT2D eigenvalue weighted by molar-refractivity contribution is 5.94. The molecule has 2 saturated heterocycles. The number of carbonyl (C=O) groups is 2. The van der Waals surface area contributed by atoms with Gasteiger partial charge in [0.2, 0.25) is 5.91 Å². The van der Waals surface area contributed by atoms with Crippen LogP contribution >= 0.6 is 0 Å². The second kappa shape index (κ2) is 7.99. The Morgan fingerprint density at radius 2 is 2.03 bits per heavy atom. The summed E-state index contributed by atoms with van der Waals surface area (Å²) in [5.41, 5.74) is 1.84. The van der Waals surface area contributed by atoms with Gasteiger partial charge in [-0.3, -0.25) is 14.5 Å². The minimum Gasteiger partial charge on any atom is -0.361 e. The predicted molar refractivity (Wildman–Crippen MR) is 108 cm³/mol. The average molecular weight is 396 g/mol. The first-order chi connectivity index (χ1) is 14.0. The fraction of sp³-hybridized carbons (Fsp3) is 0.500. The van der Waals surface area contributed by atoms with Crippen molar-refractivity contribution < 1.29 is 14.1 Å². The molecular formula is C22H28N4O3. The second-order valence-electron chi connectivity index (χ2n) is 8.16. The first-order valence-electron chi connectivity index (χ1n) is 10.3. The van der Waals surface area contributed by atoms with E-state index in [4.69, 9.17) is 4.52 Å². The number of amides is 2. The smallest absolute Gasteiger partial charge is 0.251 e. The van der Waals surface area contributed by atoms with Gasteiger partial charge in [0.25, 0.3) is 5.91 Å². The Morgan fingerprint density at radius 1 is 1.24 bits per heavy atom. The molecule has 2 N–H and O–H groups in total. The van der Waals surface area contributed by atoms with Gasteiger partial charge in [0.1, 0.15) is 11.3 Å². The van der Waals surface area contributed by atoms with Gasteiger partial charge in [-0.15, -0.1) is 0 Å². The molecule has 0 radical (unpaired) electrons. The van der Waals surface area contributed by atoms with Crippen LogP contribution in [-0.4, -0.2) is 46.5 Å². The number of nitrogens with zero attached hydrogens (tertiary/aromatic N) is 2. The van der Waals surface area contributed by atoms with Gasteiger partial charge in [0, 0.05) is 30.3 Å². The molecule has 0 saturated carbocycles. The Labute approximate surface area is 170 Å². The highest BCUT2D eigenvalue weighted by atomic mass is 16.5. The summed E-state index contributed by atoms with van der Waals surface area (Å²) in [6.45, 7) is 5.75. The highest BCUT2D eigenvalue weighted by Gasteiger charge is 2.52. The fourth-order valence-electron chi connectivity index (χ4n) is 4.72. The zero-order chi connectivity index (χ0) is 20.4. The number of nitrogens with one attached hydrogen (secondary N) is 2. The van der Waals surface area contributed by atoms with Crippen molar-refractivity contribution in [3.05, 3.63) is 52.9 Å². The van der Waals surface area contributed by atoms with Crippen LogP contribution in [0.15, 0.2) is 34.9 Å². The van der Waals surface area contributed by atoms with Crippen molar-refractivity contribution >= 4 is 11.8 Å². The van der Waals surface area contributed by atoms with Crippen LogP contribution in [0.1, 0.15) is 53.1 Å². The zero-order valence-corrected chi connectivity index (χ0v) is 17.0. The third kappa shape index (κ3) is 3.79. The Morgan fingerprint density at radius 3 is 2.76 bits per heavy atom. The van der Waals surface area contributed by atoms with Gasteiger partial charge in [-0.25, -0.2) is 0 Å². The van der Waals surface area contributed by atoms with Crippen molar-refractivity contribution in [2.24, 2.45) is 0 Å². The molecule has 0 unspecified atom stereocenters. The fourth-order valence-corrected chi connectivity index (χ4v) is 4.72. The number of carbonyl (C=O) groups excluding carboxylic acids is 2. The van der Waals surface area contributed by atoms with Crippen molar-refractivity contribution in [1.29, 1.82) is 0 Å². The monoisotopic (exact) mass is 396 g/mol. The van der Waals surface area contributed by atoms with Crippen molar-refractivity contribution in [1.82, 2.24) is 20.7 Å². The molecule has 154 valence electrons. The Kier molecular flexibility index (Phi) is 5.41. The molecule has 1 aromatic carbocycles. The molecule has 7 heteroatoms. The molecule has 2 aromatic rings. The summed E-state index contributed by atoms with van der Waals surface area (Å²) in [5, 5.41) is 10.2. The number of hydrogen-bond acceptors (Lipinski definition) is 5. The van der Waals surface area contributed by atoms with Crippen LogP contribution in [0.4, 0.5) is 0 Å². The summed E-state index contributed by atoms with van der Waals surface area (Å²) in [6, 6.07) is 9.19.